The molecule has 1 amide bonds. The highest BCUT2D eigenvalue weighted by Gasteiger charge is 2.35. The molecule has 4 N–H and O–H groups in total. The van der Waals surface area contributed by atoms with Gasteiger partial charge < -0.3 is 20.6 Å². The summed E-state index contributed by atoms with van der Waals surface area (Å²) in [5, 5.41) is 32.5. The molecule has 0 fully saturated rings. The summed E-state index contributed by atoms with van der Waals surface area (Å²) < 4.78 is 0. The molecule has 0 saturated heterocycles. The van der Waals surface area contributed by atoms with E-state index in [1.807, 2.05) is 0 Å². The number of benzene rings is 3. The number of hydrogen-bond acceptors (Lipinski definition) is 6. The van der Waals surface area contributed by atoms with E-state index in [0.717, 1.165) is 6.07 Å². The second kappa shape index (κ2) is 6.24. The van der Waals surface area contributed by atoms with Gasteiger partial charge in [0, 0.05) is 16.7 Å². The first-order valence-electron chi connectivity index (χ1n) is 8.26. The first-order valence-corrected chi connectivity index (χ1v) is 8.26. The fourth-order valence-electron chi connectivity index (χ4n) is 3.19. The van der Waals surface area contributed by atoms with Gasteiger partial charge in [0.1, 0.15) is 17.2 Å². The van der Waals surface area contributed by atoms with Gasteiger partial charge in [-0.1, -0.05) is 24.3 Å². The number of carbonyl (C=O) groups is 3. The fourth-order valence-corrected chi connectivity index (χ4v) is 3.19. The van der Waals surface area contributed by atoms with Gasteiger partial charge in [0.15, 0.2) is 5.78 Å². The van der Waals surface area contributed by atoms with Crippen molar-refractivity contribution in [3.05, 3.63) is 82.4 Å². The number of phenolic OH excluding ortho intramolecular Hbond substituents is 3. The van der Waals surface area contributed by atoms with Crippen LogP contribution in [-0.2, 0) is 0 Å². The molecule has 0 unspecified atom stereocenters. The van der Waals surface area contributed by atoms with Crippen molar-refractivity contribution in [1.82, 2.24) is 0 Å². The van der Waals surface area contributed by atoms with E-state index in [4.69, 9.17) is 0 Å². The number of carbonyl (C=O) groups excluding carboxylic acids is 3. The molecular weight excluding hydrogens is 362 g/mol. The lowest BCUT2D eigenvalue weighted by atomic mass is 9.82. The summed E-state index contributed by atoms with van der Waals surface area (Å²) >= 11 is 0. The molecule has 0 saturated carbocycles. The Bertz CT molecular complexity index is 1180. The first kappa shape index (κ1) is 17.3. The molecule has 7 nitrogen and oxygen atoms in total. The average Bonchev–Trinajstić information content (AvgIpc) is 2.67. The van der Waals surface area contributed by atoms with Gasteiger partial charge in [-0.2, -0.15) is 0 Å². The Morgan fingerprint density at radius 1 is 0.714 bits per heavy atom. The number of anilines is 1. The molecule has 3 aromatic rings. The van der Waals surface area contributed by atoms with E-state index in [1.54, 1.807) is 12.1 Å². The Kier molecular flexibility index (Phi) is 3.85. The van der Waals surface area contributed by atoms with Crippen molar-refractivity contribution in [2.75, 3.05) is 5.32 Å². The molecule has 138 valence electrons. The molecule has 28 heavy (non-hydrogen) atoms. The molecule has 0 aliphatic heterocycles. The largest absolute Gasteiger partial charge is 0.507 e. The van der Waals surface area contributed by atoms with Crippen LogP contribution in [0.5, 0.6) is 17.2 Å². The van der Waals surface area contributed by atoms with Crippen LogP contribution in [0.4, 0.5) is 5.69 Å². The Hall–Kier alpha value is -4.13. The third-order valence-corrected chi connectivity index (χ3v) is 4.52. The molecule has 0 bridgehead atoms. The molecule has 4 rings (SSSR count). The van der Waals surface area contributed by atoms with Crippen molar-refractivity contribution in [2.24, 2.45) is 0 Å². The highest BCUT2D eigenvalue weighted by Crippen LogP contribution is 2.37. The van der Waals surface area contributed by atoms with Gasteiger partial charge in [0.25, 0.3) is 5.91 Å². The van der Waals surface area contributed by atoms with Crippen molar-refractivity contribution >= 4 is 23.2 Å². The summed E-state index contributed by atoms with van der Waals surface area (Å²) in [4.78, 5) is 38.0. The SMILES string of the molecule is O=C(Nc1ccccc1O)c1cc(O)c2c(c1)C(=O)c1cccc(O)c1C2=O. The minimum absolute atomic E-state index is 0.00448. The summed E-state index contributed by atoms with van der Waals surface area (Å²) in [6, 6.07) is 12.5. The van der Waals surface area contributed by atoms with Crippen molar-refractivity contribution in [2.45, 2.75) is 0 Å². The number of aromatic hydroxyl groups is 3. The smallest absolute Gasteiger partial charge is 0.255 e. The normalized spacial score (nSPS) is 12.3. The lowest BCUT2D eigenvalue weighted by Gasteiger charge is -2.20. The lowest BCUT2D eigenvalue weighted by Crippen LogP contribution is -2.22. The summed E-state index contributed by atoms with van der Waals surface area (Å²) in [5.74, 6) is -3.02. The Labute approximate surface area is 158 Å². The summed E-state index contributed by atoms with van der Waals surface area (Å²) in [5.41, 5.74) is -0.493. The maximum absolute atomic E-state index is 12.8. The van der Waals surface area contributed by atoms with E-state index in [2.05, 4.69) is 5.32 Å². The van der Waals surface area contributed by atoms with Gasteiger partial charge in [0.2, 0.25) is 5.78 Å². The Morgan fingerprint density at radius 3 is 2.14 bits per heavy atom. The predicted molar refractivity (Wildman–Crippen MR) is 99.1 cm³/mol. The van der Waals surface area contributed by atoms with Crippen molar-refractivity contribution in [3.8, 4) is 17.2 Å². The number of amides is 1. The summed E-state index contributed by atoms with van der Waals surface area (Å²) in [7, 11) is 0. The Balaban J connectivity index is 1.79. The monoisotopic (exact) mass is 375 g/mol. The second-order valence-electron chi connectivity index (χ2n) is 6.25. The topological polar surface area (TPSA) is 124 Å². The number of fused-ring (bicyclic) bond motifs is 2. The third kappa shape index (κ3) is 2.57. The van der Waals surface area contributed by atoms with Gasteiger partial charge in [-0.25, -0.2) is 0 Å². The quantitative estimate of drug-likeness (QED) is 0.400. The molecular formula is C21H13NO6. The van der Waals surface area contributed by atoms with Crippen molar-refractivity contribution in [1.29, 1.82) is 0 Å². The van der Waals surface area contributed by atoms with Gasteiger partial charge in [-0.3, -0.25) is 14.4 Å². The van der Waals surface area contributed by atoms with Crippen LogP contribution in [0.3, 0.4) is 0 Å². The zero-order valence-electron chi connectivity index (χ0n) is 14.3. The molecule has 0 heterocycles. The van der Waals surface area contributed by atoms with Crippen molar-refractivity contribution in [3.63, 3.8) is 0 Å². The molecule has 1 aliphatic carbocycles. The molecule has 0 spiro atoms. The molecule has 0 aromatic heterocycles. The van der Waals surface area contributed by atoms with E-state index >= 15 is 0 Å². The van der Waals surface area contributed by atoms with Crippen LogP contribution in [-0.4, -0.2) is 32.8 Å². The van der Waals surface area contributed by atoms with Crippen LogP contribution in [0, 0.1) is 0 Å². The second-order valence-corrected chi connectivity index (χ2v) is 6.25. The van der Waals surface area contributed by atoms with E-state index in [1.165, 1.54) is 36.4 Å². The van der Waals surface area contributed by atoms with Crippen LogP contribution in [0.2, 0.25) is 0 Å². The fraction of sp³-hybridized carbons (Fsp3) is 0. The van der Waals surface area contributed by atoms with E-state index in [-0.39, 0.29) is 45.0 Å². The standard InChI is InChI=1S/C21H13NO6/c23-14-6-2-1-5-13(14)22-21(28)10-8-12-18(16(25)9-10)20(27)17-11(19(12)26)4-3-7-15(17)24/h1-9,23-25H,(H,22,28). The summed E-state index contributed by atoms with van der Waals surface area (Å²) in [6.07, 6.45) is 0. The molecule has 7 heteroatoms. The minimum atomic E-state index is -0.701. The molecule has 0 radical (unpaired) electrons. The average molecular weight is 375 g/mol. The van der Waals surface area contributed by atoms with Crippen LogP contribution in [0.25, 0.3) is 0 Å². The highest BCUT2D eigenvalue weighted by molar-refractivity contribution is 6.30. The number of phenols is 3. The van der Waals surface area contributed by atoms with Gasteiger partial charge in [-0.15, -0.1) is 0 Å². The van der Waals surface area contributed by atoms with Gasteiger partial charge in [-0.05, 0) is 30.3 Å². The van der Waals surface area contributed by atoms with Crippen LogP contribution in [0.1, 0.15) is 42.2 Å². The van der Waals surface area contributed by atoms with Crippen LogP contribution < -0.4 is 5.32 Å². The number of nitrogens with one attached hydrogen (secondary N) is 1. The molecule has 1 aliphatic rings. The van der Waals surface area contributed by atoms with E-state index in [0.29, 0.717) is 0 Å². The number of hydrogen-bond donors (Lipinski definition) is 4. The van der Waals surface area contributed by atoms with Crippen LogP contribution in [0.15, 0.2) is 54.6 Å². The number of rotatable bonds is 2. The highest BCUT2D eigenvalue weighted by atomic mass is 16.3. The molecule has 0 atom stereocenters. The third-order valence-electron chi connectivity index (χ3n) is 4.52. The lowest BCUT2D eigenvalue weighted by molar-refractivity contribution is 0.0972. The summed E-state index contributed by atoms with van der Waals surface area (Å²) in [6.45, 7) is 0. The maximum Gasteiger partial charge on any atom is 0.255 e. The minimum Gasteiger partial charge on any atom is -0.507 e. The van der Waals surface area contributed by atoms with E-state index < -0.39 is 23.2 Å². The number of ketones is 2. The zero-order chi connectivity index (χ0) is 20.0. The van der Waals surface area contributed by atoms with Crippen LogP contribution >= 0.6 is 0 Å². The van der Waals surface area contributed by atoms with Crippen molar-refractivity contribution < 1.29 is 29.7 Å². The molecule has 3 aromatic carbocycles. The number of para-hydroxylation sites is 2. The Morgan fingerprint density at radius 2 is 1.39 bits per heavy atom. The van der Waals surface area contributed by atoms with E-state index in [9.17, 15) is 29.7 Å². The predicted octanol–water partition coefficient (Wildman–Crippen LogP) is 2.83. The zero-order valence-corrected chi connectivity index (χ0v) is 14.3. The maximum atomic E-state index is 12.8. The first-order chi connectivity index (χ1) is 13.4. The van der Waals surface area contributed by atoms with Gasteiger partial charge >= 0.3 is 0 Å². The van der Waals surface area contributed by atoms with Gasteiger partial charge in [0.05, 0.1) is 16.8 Å².